The number of ether oxygens (including phenoxy) is 1. The van der Waals surface area contributed by atoms with E-state index in [0.717, 1.165) is 0 Å². The van der Waals surface area contributed by atoms with Crippen molar-refractivity contribution in [1.82, 2.24) is 0 Å². The van der Waals surface area contributed by atoms with E-state index in [2.05, 4.69) is 0 Å². The quantitative estimate of drug-likeness (QED) is 0.437. The number of hydrogen-bond acceptors (Lipinski definition) is 4. The molecule has 1 aromatic carbocycles. The molecular weight excluding hydrogens is 184 g/mol. The van der Waals surface area contributed by atoms with Crippen molar-refractivity contribution in [3.05, 3.63) is 29.8 Å². The van der Waals surface area contributed by atoms with Gasteiger partial charge in [-0.2, -0.15) is 0 Å². The molecule has 0 aliphatic carbocycles. The Kier molecular flexibility index (Phi) is 3.82. The first-order valence-electron chi connectivity index (χ1n) is 4.13. The number of aliphatic hydroxyl groups excluding tert-OH is 1. The summed E-state index contributed by atoms with van der Waals surface area (Å²) in [5, 5.41) is 8.46. The van der Waals surface area contributed by atoms with Crippen molar-refractivity contribution in [2.45, 2.75) is 6.42 Å². The molecule has 0 fully saturated rings. The van der Waals surface area contributed by atoms with E-state index in [-0.39, 0.29) is 13.0 Å². The van der Waals surface area contributed by atoms with Crippen molar-refractivity contribution in [3.8, 4) is 5.75 Å². The number of benzene rings is 1. The van der Waals surface area contributed by atoms with Crippen molar-refractivity contribution in [3.63, 3.8) is 0 Å². The lowest BCUT2D eigenvalue weighted by Gasteiger charge is -2.02. The van der Waals surface area contributed by atoms with E-state index in [9.17, 15) is 9.59 Å². The maximum absolute atomic E-state index is 10.9. The Morgan fingerprint density at radius 3 is 2.93 bits per heavy atom. The molecule has 0 aromatic heterocycles. The van der Waals surface area contributed by atoms with Gasteiger partial charge in [0.25, 0.3) is 0 Å². The van der Waals surface area contributed by atoms with Crippen LogP contribution < -0.4 is 4.74 Å². The van der Waals surface area contributed by atoms with Gasteiger partial charge >= 0.3 is 5.97 Å². The second-order valence-corrected chi connectivity index (χ2v) is 2.64. The third-order valence-electron chi connectivity index (χ3n) is 1.54. The Morgan fingerprint density at radius 2 is 2.29 bits per heavy atom. The zero-order valence-electron chi connectivity index (χ0n) is 7.47. The Bertz CT molecular complexity index is 333. The predicted octanol–water partition coefficient (Wildman–Crippen LogP) is 0.787. The van der Waals surface area contributed by atoms with Crippen molar-refractivity contribution >= 4 is 12.3 Å². The van der Waals surface area contributed by atoms with Gasteiger partial charge in [-0.1, -0.05) is 12.1 Å². The zero-order valence-corrected chi connectivity index (χ0v) is 7.47. The lowest BCUT2D eigenvalue weighted by Crippen LogP contribution is -2.09. The minimum absolute atomic E-state index is 0.0503. The van der Waals surface area contributed by atoms with Crippen LogP contribution in [0.5, 0.6) is 5.75 Å². The van der Waals surface area contributed by atoms with Crippen LogP contribution in [-0.4, -0.2) is 24.0 Å². The smallest absolute Gasteiger partial charge is 0.313 e. The molecule has 0 heterocycles. The number of carbonyl (C=O) groups is 2. The maximum atomic E-state index is 10.9. The topological polar surface area (TPSA) is 63.6 Å². The van der Waals surface area contributed by atoms with Crippen molar-refractivity contribution < 1.29 is 19.4 Å². The SMILES string of the molecule is O=Cc1cccc(OC(=O)CCO)c1. The molecule has 0 radical (unpaired) electrons. The minimum Gasteiger partial charge on any atom is -0.426 e. The fourth-order valence-corrected chi connectivity index (χ4v) is 0.925. The molecule has 0 amide bonds. The summed E-state index contributed by atoms with van der Waals surface area (Å²) in [6.07, 6.45) is 0.620. The summed E-state index contributed by atoms with van der Waals surface area (Å²) < 4.78 is 4.84. The van der Waals surface area contributed by atoms with Crippen LogP contribution in [0.15, 0.2) is 24.3 Å². The van der Waals surface area contributed by atoms with Gasteiger partial charge in [0.2, 0.25) is 0 Å². The normalized spacial score (nSPS) is 9.50. The van der Waals surface area contributed by atoms with Crippen molar-refractivity contribution in [2.75, 3.05) is 6.61 Å². The summed E-state index contributed by atoms with van der Waals surface area (Å²) in [5.74, 6) is -0.205. The Hall–Kier alpha value is -1.68. The van der Waals surface area contributed by atoms with Crippen LogP contribution >= 0.6 is 0 Å². The van der Waals surface area contributed by atoms with E-state index in [1.54, 1.807) is 18.2 Å². The number of aldehydes is 1. The number of esters is 1. The van der Waals surface area contributed by atoms with Gasteiger partial charge in [0.1, 0.15) is 12.0 Å². The Balaban J connectivity index is 2.66. The predicted molar refractivity (Wildman–Crippen MR) is 49.2 cm³/mol. The van der Waals surface area contributed by atoms with Crippen LogP contribution in [0.1, 0.15) is 16.8 Å². The van der Waals surface area contributed by atoms with E-state index in [4.69, 9.17) is 9.84 Å². The monoisotopic (exact) mass is 194 g/mol. The molecule has 0 saturated heterocycles. The van der Waals surface area contributed by atoms with Crippen LogP contribution in [0, 0.1) is 0 Å². The molecule has 4 heteroatoms. The molecule has 1 N–H and O–H groups in total. The molecule has 0 saturated carbocycles. The first-order valence-corrected chi connectivity index (χ1v) is 4.13. The van der Waals surface area contributed by atoms with Crippen LogP contribution in [-0.2, 0) is 4.79 Å². The van der Waals surface area contributed by atoms with Crippen LogP contribution in [0.4, 0.5) is 0 Å². The Morgan fingerprint density at radius 1 is 1.50 bits per heavy atom. The van der Waals surface area contributed by atoms with E-state index in [1.165, 1.54) is 6.07 Å². The third kappa shape index (κ3) is 2.99. The second kappa shape index (κ2) is 5.14. The molecule has 4 nitrogen and oxygen atoms in total. The molecule has 74 valence electrons. The number of carbonyl (C=O) groups excluding carboxylic acids is 2. The van der Waals surface area contributed by atoms with Gasteiger partial charge in [-0.15, -0.1) is 0 Å². The standard InChI is InChI=1S/C10H10O4/c11-5-4-10(13)14-9-3-1-2-8(6-9)7-12/h1-3,6-7,11H,4-5H2. The fraction of sp³-hybridized carbons (Fsp3) is 0.200. The highest BCUT2D eigenvalue weighted by Crippen LogP contribution is 2.12. The number of rotatable bonds is 4. The molecule has 1 rings (SSSR count). The summed E-state index contributed by atoms with van der Waals surface area (Å²) in [6.45, 7) is -0.244. The maximum Gasteiger partial charge on any atom is 0.313 e. The van der Waals surface area contributed by atoms with Crippen LogP contribution in [0.2, 0.25) is 0 Å². The molecule has 0 atom stereocenters. The number of hydrogen-bond donors (Lipinski definition) is 1. The number of aliphatic hydroxyl groups is 1. The van der Waals surface area contributed by atoms with Crippen LogP contribution in [0.25, 0.3) is 0 Å². The fourth-order valence-electron chi connectivity index (χ4n) is 0.925. The van der Waals surface area contributed by atoms with E-state index in [0.29, 0.717) is 17.6 Å². The molecule has 14 heavy (non-hydrogen) atoms. The second-order valence-electron chi connectivity index (χ2n) is 2.64. The summed E-state index contributed by atoms with van der Waals surface area (Å²) >= 11 is 0. The van der Waals surface area contributed by atoms with Crippen molar-refractivity contribution in [2.24, 2.45) is 0 Å². The lowest BCUT2D eigenvalue weighted by atomic mass is 10.2. The average Bonchev–Trinajstić information content (AvgIpc) is 2.18. The van der Waals surface area contributed by atoms with E-state index in [1.807, 2.05) is 0 Å². The average molecular weight is 194 g/mol. The van der Waals surface area contributed by atoms with Crippen LogP contribution in [0.3, 0.4) is 0 Å². The van der Waals surface area contributed by atoms with Gasteiger partial charge in [-0.3, -0.25) is 9.59 Å². The molecule has 0 aliphatic rings. The van der Waals surface area contributed by atoms with Crippen molar-refractivity contribution in [1.29, 1.82) is 0 Å². The van der Waals surface area contributed by atoms with Gasteiger partial charge in [0.05, 0.1) is 13.0 Å². The molecule has 0 aliphatic heterocycles. The highest BCUT2D eigenvalue weighted by atomic mass is 16.5. The first-order chi connectivity index (χ1) is 6.76. The van der Waals surface area contributed by atoms with E-state index < -0.39 is 5.97 Å². The van der Waals surface area contributed by atoms with Gasteiger partial charge in [0.15, 0.2) is 0 Å². The summed E-state index contributed by atoms with van der Waals surface area (Å²) in [5.41, 5.74) is 0.444. The largest absolute Gasteiger partial charge is 0.426 e. The highest BCUT2D eigenvalue weighted by Gasteiger charge is 2.03. The van der Waals surface area contributed by atoms with E-state index >= 15 is 0 Å². The third-order valence-corrected chi connectivity index (χ3v) is 1.54. The zero-order chi connectivity index (χ0) is 10.4. The molecular formula is C10H10O4. The lowest BCUT2D eigenvalue weighted by molar-refractivity contribution is -0.135. The highest BCUT2D eigenvalue weighted by molar-refractivity contribution is 5.77. The molecule has 0 unspecified atom stereocenters. The van der Waals surface area contributed by atoms with Gasteiger partial charge < -0.3 is 9.84 Å². The first kappa shape index (κ1) is 10.4. The van der Waals surface area contributed by atoms with Gasteiger partial charge in [0, 0.05) is 5.56 Å². The summed E-state index contributed by atoms with van der Waals surface area (Å²) in [7, 11) is 0. The molecule has 0 bridgehead atoms. The Labute approximate surface area is 81.1 Å². The molecule has 1 aromatic rings. The molecule has 0 spiro atoms. The summed E-state index contributed by atoms with van der Waals surface area (Å²) in [4.78, 5) is 21.3. The summed E-state index contributed by atoms with van der Waals surface area (Å²) in [6, 6.07) is 6.26. The van der Waals surface area contributed by atoms with Gasteiger partial charge in [-0.25, -0.2) is 0 Å². The minimum atomic E-state index is -0.518. The van der Waals surface area contributed by atoms with Gasteiger partial charge in [-0.05, 0) is 12.1 Å².